The zero-order chi connectivity index (χ0) is 13.6. The van der Waals surface area contributed by atoms with Gasteiger partial charge in [0.2, 0.25) is 0 Å². The number of hydrogen-bond donors (Lipinski definition) is 2. The number of aromatic nitrogens is 2. The zero-order valence-corrected chi connectivity index (χ0v) is 11.5. The summed E-state index contributed by atoms with van der Waals surface area (Å²) < 4.78 is 10.6. The predicted molar refractivity (Wildman–Crippen MR) is 71.4 cm³/mol. The van der Waals surface area contributed by atoms with Crippen LogP contribution in [0.5, 0.6) is 0 Å². The third-order valence-corrected chi connectivity index (χ3v) is 2.30. The van der Waals surface area contributed by atoms with E-state index in [1.165, 1.54) is 0 Å². The number of rotatable bonds is 7. The Kier molecular flexibility index (Phi) is 5.30. The second-order valence-corrected chi connectivity index (χ2v) is 4.57. The van der Waals surface area contributed by atoms with Crippen LogP contribution in [0.1, 0.15) is 26.6 Å². The molecule has 0 aliphatic heterocycles. The number of nitrogens with one attached hydrogen (secondary N) is 1. The molecule has 1 aromatic rings. The molecule has 0 spiro atoms. The van der Waals surface area contributed by atoms with Gasteiger partial charge in [0.15, 0.2) is 5.82 Å². The fourth-order valence-corrected chi connectivity index (χ4v) is 1.55. The Bertz CT molecular complexity index is 382. The fourth-order valence-electron chi connectivity index (χ4n) is 1.55. The van der Waals surface area contributed by atoms with Crippen LogP contribution >= 0.6 is 0 Å². The second-order valence-electron chi connectivity index (χ2n) is 4.57. The molecule has 0 saturated carbocycles. The normalized spacial score (nSPS) is 11.6. The first kappa shape index (κ1) is 14.7. The summed E-state index contributed by atoms with van der Waals surface area (Å²) in [5.74, 6) is 1.67. The lowest BCUT2D eigenvalue weighted by molar-refractivity contribution is 0.000634. The standard InChI is InChI=1S/C12H22N4O2/c1-5-18-12(2,3)8-14-10-6-9(13)15-11(16-10)7-17-4/h6H,5,7-8H2,1-4H3,(H3,13,14,15,16). The van der Waals surface area contributed by atoms with Crippen molar-refractivity contribution in [1.82, 2.24) is 9.97 Å². The van der Waals surface area contributed by atoms with Crippen LogP contribution in [0.3, 0.4) is 0 Å². The molecular weight excluding hydrogens is 232 g/mol. The summed E-state index contributed by atoms with van der Waals surface area (Å²) in [6, 6.07) is 1.70. The summed E-state index contributed by atoms with van der Waals surface area (Å²) in [6.45, 7) is 7.67. The predicted octanol–water partition coefficient (Wildman–Crippen LogP) is 1.43. The first-order valence-electron chi connectivity index (χ1n) is 5.97. The molecule has 0 bridgehead atoms. The number of methoxy groups -OCH3 is 1. The third-order valence-electron chi connectivity index (χ3n) is 2.30. The van der Waals surface area contributed by atoms with Gasteiger partial charge in [0.25, 0.3) is 0 Å². The molecule has 1 aromatic heterocycles. The van der Waals surface area contributed by atoms with Crippen LogP contribution in [0.2, 0.25) is 0 Å². The van der Waals surface area contributed by atoms with Crippen LogP contribution in [-0.4, -0.2) is 35.8 Å². The summed E-state index contributed by atoms with van der Waals surface area (Å²) in [7, 11) is 1.60. The Morgan fingerprint density at radius 1 is 1.39 bits per heavy atom. The topological polar surface area (TPSA) is 82.3 Å². The number of ether oxygens (including phenoxy) is 2. The highest BCUT2D eigenvalue weighted by molar-refractivity contribution is 5.44. The molecule has 3 N–H and O–H groups in total. The van der Waals surface area contributed by atoms with E-state index in [0.29, 0.717) is 37.2 Å². The van der Waals surface area contributed by atoms with Crippen molar-refractivity contribution < 1.29 is 9.47 Å². The molecule has 1 rings (SSSR count). The molecule has 0 atom stereocenters. The maximum atomic E-state index is 5.71. The molecule has 6 nitrogen and oxygen atoms in total. The summed E-state index contributed by atoms with van der Waals surface area (Å²) >= 11 is 0. The van der Waals surface area contributed by atoms with Gasteiger partial charge in [-0.3, -0.25) is 0 Å². The molecule has 102 valence electrons. The van der Waals surface area contributed by atoms with E-state index in [9.17, 15) is 0 Å². The van der Waals surface area contributed by atoms with Gasteiger partial charge in [-0.2, -0.15) is 0 Å². The summed E-state index contributed by atoms with van der Waals surface area (Å²) in [4.78, 5) is 8.38. The van der Waals surface area contributed by atoms with Crippen molar-refractivity contribution in [1.29, 1.82) is 0 Å². The Labute approximate surface area is 108 Å². The van der Waals surface area contributed by atoms with Gasteiger partial charge in [-0.05, 0) is 20.8 Å². The number of nitrogens with zero attached hydrogens (tertiary/aromatic N) is 2. The van der Waals surface area contributed by atoms with Crippen LogP contribution in [0.4, 0.5) is 11.6 Å². The number of anilines is 2. The number of nitrogens with two attached hydrogens (primary N) is 1. The molecule has 0 aliphatic rings. The van der Waals surface area contributed by atoms with E-state index >= 15 is 0 Å². The van der Waals surface area contributed by atoms with E-state index in [4.69, 9.17) is 15.2 Å². The van der Waals surface area contributed by atoms with Gasteiger partial charge < -0.3 is 20.5 Å². The Morgan fingerprint density at radius 3 is 2.72 bits per heavy atom. The third kappa shape index (κ3) is 4.85. The molecule has 0 saturated heterocycles. The maximum absolute atomic E-state index is 5.71. The fraction of sp³-hybridized carbons (Fsp3) is 0.667. The van der Waals surface area contributed by atoms with Gasteiger partial charge in [0.1, 0.15) is 18.2 Å². The van der Waals surface area contributed by atoms with E-state index in [1.54, 1.807) is 13.2 Å². The quantitative estimate of drug-likeness (QED) is 0.766. The Morgan fingerprint density at radius 2 is 2.11 bits per heavy atom. The van der Waals surface area contributed by atoms with Crippen LogP contribution in [0.15, 0.2) is 6.07 Å². The summed E-state index contributed by atoms with van der Waals surface area (Å²) in [5, 5.41) is 3.20. The van der Waals surface area contributed by atoms with Crippen LogP contribution in [0, 0.1) is 0 Å². The molecule has 0 aliphatic carbocycles. The van der Waals surface area contributed by atoms with Gasteiger partial charge in [0, 0.05) is 26.3 Å². The van der Waals surface area contributed by atoms with Crippen LogP contribution in [-0.2, 0) is 16.1 Å². The van der Waals surface area contributed by atoms with Crippen molar-refractivity contribution in [3.8, 4) is 0 Å². The van der Waals surface area contributed by atoms with Crippen molar-refractivity contribution in [3.63, 3.8) is 0 Å². The van der Waals surface area contributed by atoms with Crippen molar-refractivity contribution in [3.05, 3.63) is 11.9 Å². The van der Waals surface area contributed by atoms with Crippen molar-refractivity contribution in [2.75, 3.05) is 31.3 Å². The van der Waals surface area contributed by atoms with Gasteiger partial charge in [-0.1, -0.05) is 0 Å². The highest BCUT2D eigenvalue weighted by atomic mass is 16.5. The lowest BCUT2D eigenvalue weighted by Gasteiger charge is -2.25. The molecule has 6 heteroatoms. The Hall–Kier alpha value is -1.40. The maximum Gasteiger partial charge on any atom is 0.158 e. The molecule has 0 radical (unpaired) electrons. The average molecular weight is 254 g/mol. The Balaban J connectivity index is 2.66. The summed E-state index contributed by atoms with van der Waals surface area (Å²) in [5.41, 5.74) is 5.46. The molecule has 18 heavy (non-hydrogen) atoms. The minimum atomic E-state index is -0.254. The van der Waals surface area contributed by atoms with Gasteiger partial charge in [-0.25, -0.2) is 9.97 Å². The summed E-state index contributed by atoms with van der Waals surface area (Å²) in [6.07, 6.45) is 0. The second kappa shape index (κ2) is 6.51. The lowest BCUT2D eigenvalue weighted by atomic mass is 10.1. The smallest absolute Gasteiger partial charge is 0.158 e. The minimum Gasteiger partial charge on any atom is -0.384 e. The monoisotopic (exact) mass is 254 g/mol. The molecule has 0 unspecified atom stereocenters. The van der Waals surface area contributed by atoms with Gasteiger partial charge in [-0.15, -0.1) is 0 Å². The highest BCUT2D eigenvalue weighted by Gasteiger charge is 2.17. The van der Waals surface area contributed by atoms with Crippen molar-refractivity contribution in [2.45, 2.75) is 33.0 Å². The SMILES string of the molecule is CCOC(C)(C)CNc1cc(N)nc(COC)n1. The van der Waals surface area contributed by atoms with Crippen molar-refractivity contribution >= 4 is 11.6 Å². The van der Waals surface area contributed by atoms with Gasteiger partial charge in [0.05, 0.1) is 5.60 Å². The average Bonchev–Trinajstić information content (AvgIpc) is 2.26. The van der Waals surface area contributed by atoms with Crippen molar-refractivity contribution in [2.24, 2.45) is 0 Å². The number of nitrogen functional groups attached to an aromatic ring is 1. The first-order chi connectivity index (χ1) is 8.46. The lowest BCUT2D eigenvalue weighted by Crippen LogP contribution is -2.33. The van der Waals surface area contributed by atoms with Gasteiger partial charge >= 0.3 is 0 Å². The van der Waals surface area contributed by atoms with E-state index in [1.807, 2.05) is 20.8 Å². The molecule has 0 fully saturated rings. The van der Waals surface area contributed by atoms with Crippen LogP contribution in [0.25, 0.3) is 0 Å². The number of hydrogen-bond acceptors (Lipinski definition) is 6. The zero-order valence-electron chi connectivity index (χ0n) is 11.5. The van der Waals surface area contributed by atoms with E-state index in [0.717, 1.165) is 0 Å². The van der Waals surface area contributed by atoms with E-state index in [-0.39, 0.29) is 5.60 Å². The highest BCUT2D eigenvalue weighted by Crippen LogP contribution is 2.13. The first-order valence-corrected chi connectivity index (χ1v) is 5.97. The minimum absolute atomic E-state index is 0.254. The van der Waals surface area contributed by atoms with E-state index in [2.05, 4.69) is 15.3 Å². The van der Waals surface area contributed by atoms with E-state index < -0.39 is 0 Å². The molecule has 0 aromatic carbocycles. The molecule has 0 amide bonds. The largest absolute Gasteiger partial charge is 0.384 e. The molecular formula is C12H22N4O2. The van der Waals surface area contributed by atoms with Crippen LogP contribution < -0.4 is 11.1 Å². The molecule has 1 heterocycles.